The van der Waals surface area contributed by atoms with Gasteiger partial charge in [0.05, 0.1) is 6.54 Å². The molecule has 0 saturated carbocycles. The van der Waals surface area contributed by atoms with Crippen molar-refractivity contribution in [2.24, 2.45) is 10.9 Å². The lowest BCUT2D eigenvalue weighted by Crippen LogP contribution is -2.46. The number of nitrogens with one attached hydrogen (secondary N) is 1. The van der Waals surface area contributed by atoms with Crippen LogP contribution in [0.15, 0.2) is 17.6 Å². The monoisotopic (exact) mass is 337 g/mol. The van der Waals surface area contributed by atoms with Gasteiger partial charge in [-0.1, -0.05) is 13.0 Å². The highest BCUT2D eigenvalue weighted by molar-refractivity contribution is 14.0. The summed E-state index contributed by atoms with van der Waals surface area (Å²) < 4.78 is 0. The third-order valence-electron chi connectivity index (χ3n) is 2.66. The van der Waals surface area contributed by atoms with Gasteiger partial charge in [0.1, 0.15) is 0 Å². The highest BCUT2D eigenvalue weighted by atomic mass is 127. The lowest BCUT2D eigenvalue weighted by molar-refractivity contribution is 0.266. The van der Waals surface area contributed by atoms with E-state index in [4.69, 9.17) is 0 Å². The van der Waals surface area contributed by atoms with Gasteiger partial charge in [0, 0.05) is 19.6 Å². The van der Waals surface area contributed by atoms with E-state index in [1.165, 1.54) is 12.8 Å². The molecular weight excluding hydrogens is 313 g/mol. The Labute approximate surface area is 116 Å². The van der Waals surface area contributed by atoms with E-state index in [0.29, 0.717) is 6.54 Å². The second-order valence-electron chi connectivity index (χ2n) is 4.18. The van der Waals surface area contributed by atoms with Crippen molar-refractivity contribution in [1.82, 2.24) is 10.2 Å². The van der Waals surface area contributed by atoms with Gasteiger partial charge in [0.2, 0.25) is 0 Å². The maximum Gasteiger partial charge on any atom is 0.194 e. The Balaban J connectivity index is 0.00000225. The normalized spacial score (nSPS) is 21.2. The molecule has 1 atom stereocenters. The molecule has 1 fully saturated rings. The number of aliphatic imine (C=N–C) groups is 1. The van der Waals surface area contributed by atoms with Crippen LogP contribution >= 0.6 is 24.0 Å². The van der Waals surface area contributed by atoms with E-state index in [1.54, 1.807) is 0 Å². The summed E-state index contributed by atoms with van der Waals surface area (Å²) in [5.74, 6) is 1.83. The van der Waals surface area contributed by atoms with E-state index in [9.17, 15) is 0 Å². The summed E-state index contributed by atoms with van der Waals surface area (Å²) in [5.41, 5.74) is 0. The number of guanidine groups is 1. The maximum atomic E-state index is 4.50. The van der Waals surface area contributed by atoms with Gasteiger partial charge in [0.25, 0.3) is 0 Å². The minimum Gasteiger partial charge on any atom is -0.357 e. The van der Waals surface area contributed by atoms with Crippen LogP contribution in [0, 0.1) is 5.92 Å². The van der Waals surface area contributed by atoms with Crippen LogP contribution in [0.2, 0.25) is 0 Å². The summed E-state index contributed by atoms with van der Waals surface area (Å²) in [4.78, 5) is 6.87. The van der Waals surface area contributed by atoms with Crippen molar-refractivity contribution in [3.05, 3.63) is 12.7 Å². The molecule has 0 aromatic rings. The van der Waals surface area contributed by atoms with Gasteiger partial charge in [-0.25, -0.2) is 4.99 Å². The number of likely N-dealkylation sites (tertiary alicyclic amines) is 1. The highest BCUT2D eigenvalue weighted by Gasteiger charge is 2.18. The SMILES string of the molecule is C=CCN=C(NCC)N1CCCC(C)C1.I. The fraction of sp³-hybridized carbons (Fsp3) is 0.750. The quantitative estimate of drug-likeness (QED) is 0.371. The molecule has 0 aromatic heterocycles. The molecule has 1 unspecified atom stereocenters. The second kappa shape index (κ2) is 8.84. The zero-order valence-corrected chi connectivity index (χ0v) is 12.7. The zero-order chi connectivity index (χ0) is 11.1. The predicted octanol–water partition coefficient (Wildman–Crippen LogP) is 2.49. The van der Waals surface area contributed by atoms with Gasteiger partial charge in [-0.2, -0.15) is 0 Å². The van der Waals surface area contributed by atoms with Crippen molar-refractivity contribution >= 4 is 29.9 Å². The van der Waals surface area contributed by atoms with E-state index >= 15 is 0 Å². The molecule has 0 bridgehead atoms. The zero-order valence-electron chi connectivity index (χ0n) is 10.4. The van der Waals surface area contributed by atoms with Gasteiger partial charge >= 0.3 is 0 Å². The van der Waals surface area contributed by atoms with Gasteiger partial charge in [-0.05, 0) is 25.7 Å². The Kier molecular flexibility index (Phi) is 8.70. The predicted molar refractivity (Wildman–Crippen MR) is 81.6 cm³/mol. The smallest absolute Gasteiger partial charge is 0.194 e. The number of nitrogens with zero attached hydrogens (tertiary/aromatic N) is 2. The van der Waals surface area contributed by atoms with E-state index in [1.807, 2.05) is 6.08 Å². The average Bonchev–Trinajstić information content (AvgIpc) is 2.24. The summed E-state index contributed by atoms with van der Waals surface area (Å²) in [5, 5.41) is 3.34. The summed E-state index contributed by atoms with van der Waals surface area (Å²) in [6.07, 6.45) is 4.46. The van der Waals surface area contributed by atoms with Gasteiger partial charge in [-0.15, -0.1) is 30.6 Å². The number of hydrogen-bond donors (Lipinski definition) is 1. The van der Waals surface area contributed by atoms with Crippen molar-refractivity contribution in [3.63, 3.8) is 0 Å². The molecule has 1 saturated heterocycles. The van der Waals surface area contributed by atoms with Gasteiger partial charge in [0.15, 0.2) is 5.96 Å². The molecule has 1 rings (SSSR count). The molecular formula is C12H24IN3. The first-order chi connectivity index (χ1) is 7.27. The van der Waals surface area contributed by atoms with E-state index in [0.717, 1.165) is 31.5 Å². The fourth-order valence-corrected chi connectivity index (χ4v) is 1.96. The summed E-state index contributed by atoms with van der Waals surface area (Å²) in [6, 6.07) is 0. The number of halogens is 1. The molecule has 1 heterocycles. The average molecular weight is 337 g/mol. The minimum atomic E-state index is 0. The van der Waals surface area contributed by atoms with Gasteiger partial charge in [-0.3, -0.25) is 0 Å². The molecule has 1 N–H and O–H groups in total. The molecule has 1 aliphatic rings. The molecule has 1 aliphatic heterocycles. The van der Waals surface area contributed by atoms with Crippen molar-refractivity contribution in [2.75, 3.05) is 26.2 Å². The molecule has 0 aliphatic carbocycles. The van der Waals surface area contributed by atoms with Crippen LogP contribution in [-0.2, 0) is 0 Å². The molecule has 3 nitrogen and oxygen atoms in total. The van der Waals surface area contributed by atoms with Crippen LogP contribution in [0.4, 0.5) is 0 Å². The van der Waals surface area contributed by atoms with E-state index in [-0.39, 0.29) is 24.0 Å². The van der Waals surface area contributed by atoms with Crippen LogP contribution in [0.1, 0.15) is 26.7 Å². The van der Waals surface area contributed by atoms with Crippen molar-refractivity contribution in [1.29, 1.82) is 0 Å². The summed E-state index contributed by atoms with van der Waals surface area (Å²) in [7, 11) is 0. The first-order valence-electron chi connectivity index (χ1n) is 5.92. The Morgan fingerprint density at radius 2 is 2.38 bits per heavy atom. The van der Waals surface area contributed by atoms with Crippen LogP contribution < -0.4 is 5.32 Å². The summed E-state index contributed by atoms with van der Waals surface area (Å²) in [6.45, 7) is 12.0. The third kappa shape index (κ3) is 5.18. The van der Waals surface area contributed by atoms with Crippen LogP contribution in [0.25, 0.3) is 0 Å². The van der Waals surface area contributed by atoms with Crippen molar-refractivity contribution in [2.45, 2.75) is 26.7 Å². The van der Waals surface area contributed by atoms with Crippen LogP contribution in [-0.4, -0.2) is 37.0 Å². The number of hydrogen-bond acceptors (Lipinski definition) is 1. The number of piperidine rings is 1. The van der Waals surface area contributed by atoms with Crippen molar-refractivity contribution < 1.29 is 0 Å². The fourth-order valence-electron chi connectivity index (χ4n) is 1.96. The minimum absolute atomic E-state index is 0. The maximum absolute atomic E-state index is 4.50. The van der Waals surface area contributed by atoms with E-state index in [2.05, 4.69) is 35.6 Å². The molecule has 0 aromatic carbocycles. The van der Waals surface area contributed by atoms with Gasteiger partial charge < -0.3 is 10.2 Å². The second-order valence-corrected chi connectivity index (χ2v) is 4.18. The molecule has 4 heteroatoms. The first kappa shape index (κ1) is 15.7. The Bertz CT molecular complexity index is 228. The summed E-state index contributed by atoms with van der Waals surface area (Å²) >= 11 is 0. The molecule has 94 valence electrons. The van der Waals surface area contributed by atoms with Crippen molar-refractivity contribution in [3.8, 4) is 0 Å². The van der Waals surface area contributed by atoms with Crippen LogP contribution in [0.5, 0.6) is 0 Å². The lowest BCUT2D eigenvalue weighted by atomic mass is 10.0. The number of rotatable bonds is 3. The largest absolute Gasteiger partial charge is 0.357 e. The topological polar surface area (TPSA) is 27.6 Å². The Morgan fingerprint density at radius 3 is 2.94 bits per heavy atom. The van der Waals surface area contributed by atoms with Crippen LogP contribution in [0.3, 0.4) is 0 Å². The Morgan fingerprint density at radius 1 is 1.62 bits per heavy atom. The standard InChI is InChI=1S/C12H23N3.HI/c1-4-8-14-12(13-5-2)15-9-6-7-11(3)10-15;/h4,11H,1,5-10H2,2-3H3,(H,13,14);1H. The van der Waals surface area contributed by atoms with E-state index < -0.39 is 0 Å². The highest BCUT2D eigenvalue weighted by Crippen LogP contribution is 2.15. The molecule has 0 amide bonds. The lowest BCUT2D eigenvalue weighted by Gasteiger charge is -2.33. The molecule has 16 heavy (non-hydrogen) atoms. The Hall–Kier alpha value is -0.260. The third-order valence-corrected chi connectivity index (χ3v) is 2.66. The first-order valence-corrected chi connectivity index (χ1v) is 5.92. The molecule has 0 radical (unpaired) electrons. The molecule has 0 spiro atoms.